The topological polar surface area (TPSA) is 41.6 Å². The molecule has 2 aromatic rings. The standard InChI is InChI=1S/C23H30N2O2/c1-6-16(3)25-22(26)18-12-8-10-14-20(18)24-23(25,5)19-13-9-11-15-21(19)27-17(4)7-2/h8-17,24H,6-7H2,1-5H3. The molecular formula is C23H30N2O2. The summed E-state index contributed by atoms with van der Waals surface area (Å²) in [7, 11) is 0. The summed E-state index contributed by atoms with van der Waals surface area (Å²) in [5, 5.41) is 3.64. The Balaban J connectivity index is 2.16. The van der Waals surface area contributed by atoms with Crippen LogP contribution in [0.25, 0.3) is 0 Å². The second kappa shape index (κ2) is 7.63. The monoisotopic (exact) mass is 366 g/mol. The van der Waals surface area contributed by atoms with Gasteiger partial charge in [-0.05, 0) is 51.8 Å². The normalized spacial score (nSPS) is 21.2. The zero-order valence-electron chi connectivity index (χ0n) is 17.0. The lowest BCUT2D eigenvalue weighted by Crippen LogP contribution is -2.59. The van der Waals surface area contributed by atoms with Crippen molar-refractivity contribution in [2.45, 2.75) is 65.3 Å². The van der Waals surface area contributed by atoms with Crippen LogP contribution in [0.15, 0.2) is 48.5 Å². The molecule has 0 aromatic heterocycles. The van der Waals surface area contributed by atoms with Gasteiger partial charge in [-0.25, -0.2) is 0 Å². The van der Waals surface area contributed by atoms with Gasteiger partial charge in [-0.1, -0.05) is 44.2 Å². The number of ether oxygens (including phenoxy) is 1. The molecule has 3 unspecified atom stereocenters. The maximum absolute atomic E-state index is 13.4. The Kier molecular flexibility index (Phi) is 5.45. The maximum Gasteiger partial charge on any atom is 0.258 e. The van der Waals surface area contributed by atoms with Crippen LogP contribution in [0, 0.1) is 0 Å². The predicted molar refractivity (Wildman–Crippen MR) is 110 cm³/mol. The highest BCUT2D eigenvalue weighted by molar-refractivity contribution is 6.02. The second-order valence-corrected chi connectivity index (χ2v) is 7.51. The Morgan fingerprint density at radius 2 is 1.70 bits per heavy atom. The Hall–Kier alpha value is -2.49. The average Bonchev–Trinajstić information content (AvgIpc) is 2.68. The summed E-state index contributed by atoms with van der Waals surface area (Å²) < 4.78 is 6.22. The largest absolute Gasteiger partial charge is 0.490 e. The van der Waals surface area contributed by atoms with Crippen LogP contribution in [0.4, 0.5) is 5.69 Å². The summed E-state index contributed by atoms with van der Waals surface area (Å²) in [6.07, 6.45) is 1.91. The Bertz CT molecular complexity index is 820. The molecule has 0 bridgehead atoms. The van der Waals surface area contributed by atoms with Crippen LogP contribution in [-0.2, 0) is 5.66 Å². The van der Waals surface area contributed by atoms with E-state index < -0.39 is 5.66 Å². The van der Waals surface area contributed by atoms with Crippen molar-refractivity contribution in [3.63, 3.8) is 0 Å². The maximum atomic E-state index is 13.4. The van der Waals surface area contributed by atoms with Crippen LogP contribution in [0.2, 0.25) is 0 Å². The van der Waals surface area contributed by atoms with Gasteiger partial charge in [-0.2, -0.15) is 0 Å². The smallest absolute Gasteiger partial charge is 0.258 e. The lowest BCUT2D eigenvalue weighted by Gasteiger charge is -2.49. The molecule has 2 aromatic carbocycles. The highest BCUT2D eigenvalue weighted by Crippen LogP contribution is 2.42. The summed E-state index contributed by atoms with van der Waals surface area (Å²) >= 11 is 0. The zero-order chi connectivity index (χ0) is 19.6. The number of para-hydroxylation sites is 2. The molecule has 0 saturated carbocycles. The van der Waals surface area contributed by atoms with Gasteiger partial charge in [0.05, 0.1) is 11.7 Å². The van der Waals surface area contributed by atoms with Gasteiger partial charge >= 0.3 is 0 Å². The summed E-state index contributed by atoms with van der Waals surface area (Å²) in [5.74, 6) is 0.877. The number of hydrogen-bond donors (Lipinski definition) is 1. The number of benzene rings is 2. The minimum Gasteiger partial charge on any atom is -0.490 e. The molecule has 1 aliphatic rings. The van der Waals surface area contributed by atoms with E-state index in [1.54, 1.807) is 0 Å². The number of hydrogen-bond acceptors (Lipinski definition) is 3. The number of fused-ring (bicyclic) bond motifs is 1. The molecule has 0 saturated heterocycles. The average molecular weight is 367 g/mol. The van der Waals surface area contributed by atoms with Crippen LogP contribution < -0.4 is 10.1 Å². The number of nitrogens with one attached hydrogen (secondary N) is 1. The van der Waals surface area contributed by atoms with Gasteiger partial charge in [0.1, 0.15) is 11.4 Å². The van der Waals surface area contributed by atoms with E-state index in [2.05, 4.69) is 46.0 Å². The van der Waals surface area contributed by atoms with Crippen molar-refractivity contribution < 1.29 is 9.53 Å². The van der Waals surface area contributed by atoms with Crippen molar-refractivity contribution in [2.75, 3.05) is 5.32 Å². The summed E-state index contributed by atoms with van der Waals surface area (Å²) in [6, 6.07) is 15.9. The lowest BCUT2D eigenvalue weighted by atomic mass is 9.91. The van der Waals surface area contributed by atoms with Crippen LogP contribution in [0.3, 0.4) is 0 Å². The fourth-order valence-electron chi connectivity index (χ4n) is 3.73. The molecule has 4 heteroatoms. The number of rotatable bonds is 6. The van der Waals surface area contributed by atoms with Gasteiger partial charge in [-0.15, -0.1) is 0 Å². The van der Waals surface area contributed by atoms with E-state index in [1.165, 1.54) is 0 Å². The molecule has 144 valence electrons. The van der Waals surface area contributed by atoms with Gasteiger partial charge < -0.3 is 15.0 Å². The first-order chi connectivity index (χ1) is 12.9. The van der Waals surface area contributed by atoms with Gasteiger partial charge in [0.15, 0.2) is 0 Å². The van der Waals surface area contributed by atoms with Crippen molar-refractivity contribution in [1.29, 1.82) is 0 Å². The molecule has 1 aliphatic heterocycles. The van der Waals surface area contributed by atoms with Crippen LogP contribution in [0.1, 0.15) is 63.4 Å². The van der Waals surface area contributed by atoms with Crippen molar-refractivity contribution >= 4 is 11.6 Å². The van der Waals surface area contributed by atoms with Gasteiger partial charge in [0, 0.05) is 17.3 Å². The Morgan fingerprint density at radius 1 is 1.04 bits per heavy atom. The summed E-state index contributed by atoms with van der Waals surface area (Å²) in [6.45, 7) is 10.5. The minimum absolute atomic E-state index is 0.0551. The van der Waals surface area contributed by atoms with Crippen LogP contribution in [0.5, 0.6) is 5.75 Å². The fraction of sp³-hybridized carbons (Fsp3) is 0.435. The quantitative estimate of drug-likeness (QED) is 0.744. The predicted octanol–water partition coefficient (Wildman–Crippen LogP) is 5.40. The van der Waals surface area contributed by atoms with Crippen molar-refractivity contribution in [1.82, 2.24) is 4.90 Å². The van der Waals surface area contributed by atoms with E-state index in [0.29, 0.717) is 0 Å². The number of nitrogens with zero attached hydrogens (tertiary/aromatic N) is 1. The highest BCUT2D eigenvalue weighted by Gasteiger charge is 2.45. The van der Waals surface area contributed by atoms with E-state index in [-0.39, 0.29) is 18.1 Å². The van der Waals surface area contributed by atoms with E-state index >= 15 is 0 Å². The first-order valence-electron chi connectivity index (χ1n) is 9.89. The molecule has 1 amide bonds. The summed E-state index contributed by atoms with van der Waals surface area (Å²) in [5.41, 5.74) is 1.87. The third kappa shape index (κ3) is 3.41. The Labute approximate surface area is 162 Å². The molecule has 0 radical (unpaired) electrons. The van der Waals surface area contributed by atoms with Crippen LogP contribution in [-0.4, -0.2) is 23.0 Å². The first kappa shape index (κ1) is 19.3. The van der Waals surface area contributed by atoms with E-state index in [1.807, 2.05) is 47.4 Å². The van der Waals surface area contributed by atoms with E-state index in [9.17, 15) is 4.79 Å². The second-order valence-electron chi connectivity index (χ2n) is 7.51. The molecule has 0 fully saturated rings. The Morgan fingerprint density at radius 3 is 2.41 bits per heavy atom. The van der Waals surface area contributed by atoms with E-state index in [0.717, 1.165) is 35.4 Å². The molecule has 1 N–H and O–H groups in total. The SMILES string of the molecule is CCC(C)Oc1ccccc1C1(C)Nc2ccccc2C(=O)N1C(C)CC. The first-order valence-corrected chi connectivity index (χ1v) is 9.89. The summed E-state index contributed by atoms with van der Waals surface area (Å²) in [4.78, 5) is 15.4. The number of carbonyl (C=O) groups is 1. The van der Waals surface area contributed by atoms with Gasteiger partial charge in [0.2, 0.25) is 0 Å². The van der Waals surface area contributed by atoms with Crippen LogP contribution >= 0.6 is 0 Å². The molecule has 1 heterocycles. The molecule has 3 atom stereocenters. The number of carbonyl (C=O) groups excluding carboxylic acids is 1. The zero-order valence-corrected chi connectivity index (χ0v) is 17.0. The molecule has 27 heavy (non-hydrogen) atoms. The lowest BCUT2D eigenvalue weighted by molar-refractivity contribution is 0.0389. The molecule has 3 rings (SSSR count). The third-order valence-electron chi connectivity index (χ3n) is 5.58. The molecule has 0 spiro atoms. The fourth-order valence-corrected chi connectivity index (χ4v) is 3.73. The van der Waals surface area contributed by atoms with Crippen molar-refractivity contribution in [3.05, 3.63) is 59.7 Å². The number of anilines is 1. The molecular weight excluding hydrogens is 336 g/mol. The van der Waals surface area contributed by atoms with Crippen molar-refractivity contribution in [2.24, 2.45) is 0 Å². The third-order valence-corrected chi connectivity index (χ3v) is 5.58. The molecule has 0 aliphatic carbocycles. The number of amides is 1. The van der Waals surface area contributed by atoms with Crippen molar-refractivity contribution in [3.8, 4) is 5.75 Å². The van der Waals surface area contributed by atoms with Gasteiger partial charge in [0.25, 0.3) is 5.91 Å². The minimum atomic E-state index is -0.690. The van der Waals surface area contributed by atoms with Gasteiger partial charge in [-0.3, -0.25) is 4.79 Å². The highest BCUT2D eigenvalue weighted by atomic mass is 16.5. The van der Waals surface area contributed by atoms with E-state index in [4.69, 9.17) is 4.74 Å². The molecule has 4 nitrogen and oxygen atoms in total.